The number of nitriles is 3. The summed E-state index contributed by atoms with van der Waals surface area (Å²) >= 11 is 0. The van der Waals surface area contributed by atoms with Crippen LogP contribution < -0.4 is 0 Å². The van der Waals surface area contributed by atoms with Crippen molar-refractivity contribution in [1.82, 2.24) is 0 Å². The van der Waals surface area contributed by atoms with Gasteiger partial charge in [-0.25, -0.2) is 0 Å². The van der Waals surface area contributed by atoms with Crippen LogP contribution in [0.4, 0.5) is 0 Å². The number of rotatable bonds is 12. The molecule has 5 rings (SSSR count). The second-order valence-electron chi connectivity index (χ2n) is 12.0. The lowest BCUT2D eigenvalue weighted by Gasteiger charge is -2.54. The van der Waals surface area contributed by atoms with Gasteiger partial charge < -0.3 is 0 Å². The highest BCUT2D eigenvalue weighted by Gasteiger charge is 2.49. The van der Waals surface area contributed by atoms with Gasteiger partial charge in [0.2, 0.25) is 0 Å². The van der Waals surface area contributed by atoms with E-state index in [1.54, 1.807) is 0 Å². The van der Waals surface area contributed by atoms with Crippen LogP contribution in [0.1, 0.15) is 136 Å². The Morgan fingerprint density at radius 1 is 0.658 bits per heavy atom. The second-order valence-corrected chi connectivity index (χ2v) is 12.0. The average Bonchev–Trinajstić information content (AvgIpc) is 2.97. The zero-order valence-corrected chi connectivity index (χ0v) is 23.5. The second kappa shape index (κ2) is 12.6. The lowest BCUT2D eigenvalue weighted by atomic mass is 9.50. The van der Waals surface area contributed by atoms with Crippen LogP contribution in [0.2, 0.25) is 0 Å². The first-order valence-corrected chi connectivity index (χ1v) is 15.0. The van der Waals surface area contributed by atoms with Gasteiger partial charge in [0.25, 0.3) is 0 Å². The van der Waals surface area contributed by atoms with Crippen LogP contribution in [0.15, 0.2) is 30.3 Å². The van der Waals surface area contributed by atoms with Crippen LogP contribution in [-0.4, -0.2) is 0 Å². The van der Waals surface area contributed by atoms with Crippen LogP contribution in [0, 0.1) is 39.4 Å². The van der Waals surface area contributed by atoms with Crippen LogP contribution >= 0.6 is 0 Å². The Bertz CT molecular complexity index is 1230. The fourth-order valence-corrected chi connectivity index (χ4v) is 7.28. The number of benzene rings is 2. The molecule has 0 aliphatic heterocycles. The van der Waals surface area contributed by atoms with E-state index in [4.69, 9.17) is 0 Å². The maximum atomic E-state index is 10.2. The van der Waals surface area contributed by atoms with E-state index in [2.05, 4.69) is 56.3 Å². The maximum Gasteiger partial charge on any atom is 0.101 e. The SMILES string of the molecule is CCCCCc1ccc(CCc2ccc(C34CCC(CCCCC)(CC3)CC4)c(C#N)c2C#N)c(C#N)c1. The van der Waals surface area contributed by atoms with Crippen LogP contribution in [0.25, 0.3) is 0 Å². The van der Waals surface area contributed by atoms with Crippen molar-refractivity contribution in [3.63, 3.8) is 0 Å². The largest absolute Gasteiger partial charge is 0.192 e. The highest BCUT2D eigenvalue weighted by atomic mass is 14.5. The number of hydrogen-bond acceptors (Lipinski definition) is 3. The molecule has 3 aliphatic rings. The summed E-state index contributed by atoms with van der Waals surface area (Å²) in [7, 11) is 0. The van der Waals surface area contributed by atoms with E-state index >= 15 is 0 Å². The van der Waals surface area contributed by atoms with Crippen molar-refractivity contribution in [3.05, 3.63) is 69.3 Å². The Morgan fingerprint density at radius 2 is 1.29 bits per heavy atom. The summed E-state index contributed by atoms with van der Waals surface area (Å²) in [6, 6.07) is 17.8. The van der Waals surface area contributed by atoms with E-state index in [0.717, 1.165) is 54.4 Å². The fraction of sp³-hybridized carbons (Fsp3) is 0.571. The first-order valence-electron chi connectivity index (χ1n) is 15.0. The number of fused-ring (bicyclic) bond motifs is 3. The number of hydrogen-bond donors (Lipinski definition) is 0. The molecular formula is C35H43N3. The van der Waals surface area contributed by atoms with Crippen molar-refractivity contribution in [3.8, 4) is 18.2 Å². The summed E-state index contributed by atoms with van der Waals surface area (Å²) in [5.41, 5.74) is 6.78. The third-order valence-corrected chi connectivity index (χ3v) is 9.83. The molecule has 0 N–H and O–H groups in total. The van der Waals surface area contributed by atoms with E-state index in [-0.39, 0.29) is 5.41 Å². The zero-order chi connectivity index (χ0) is 27.0. The van der Waals surface area contributed by atoms with Gasteiger partial charge in [-0.15, -0.1) is 0 Å². The van der Waals surface area contributed by atoms with Gasteiger partial charge in [0.05, 0.1) is 22.8 Å². The van der Waals surface area contributed by atoms with Crippen molar-refractivity contribution in [2.45, 2.75) is 122 Å². The lowest BCUT2D eigenvalue weighted by molar-refractivity contribution is 0.0304. The minimum Gasteiger partial charge on any atom is -0.192 e. The molecule has 3 heteroatoms. The van der Waals surface area contributed by atoms with E-state index < -0.39 is 0 Å². The Hall–Kier alpha value is -3.09. The van der Waals surface area contributed by atoms with E-state index in [1.165, 1.54) is 63.4 Å². The van der Waals surface area contributed by atoms with Gasteiger partial charge in [-0.1, -0.05) is 70.2 Å². The van der Waals surface area contributed by atoms with E-state index in [1.807, 2.05) is 6.07 Å². The Labute approximate surface area is 230 Å². The molecule has 2 aromatic rings. The van der Waals surface area contributed by atoms with Gasteiger partial charge in [0.1, 0.15) is 12.1 Å². The Balaban J connectivity index is 1.51. The van der Waals surface area contributed by atoms with Crippen molar-refractivity contribution in [2.24, 2.45) is 5.41 Å². The Kier molecular flexibility index (Phi) is 9.29. The molecule has 3 fully saturated rings. The standard InChI is InChI=1S/C35H43N3/c1-3-5-7-9-27-10-11-28(30(23-27)24-36)12-13-29-14-15-33(32(26-38)31(29)25-37)35-20-17-34(18-21-35,19-22-35)16-8-6-4-2/h10-11,14-15,23H,3-9,12-13,16-22H2,1-2H3. The molecule has 38 heavy (non-hydrogen) atoms. The lowest BCUT2D eigenvalue weighted by Crippen LogP contribution is -2.44. The highest BCUT2D eigenvalue weighted by Crippen LogP contribution is 2.60. The summed E-state index contributed by atoms with van der Waals surface area (Å²) in [4.78, 5) is 0. The molecular weight excluding hydrogens is 462 g/mol. The van der Waals surface area contributed by atoms with Gasteiger partial charge in [0.15, 0.2) is 0 Å². The molecule has 3 nitrogen and oxygen atoms in total. The molecule has 0 aromatic heterocycles. The van der Waals surface area contributed by atoms with Gasteiger partial charge in [0, 0.05) is 0 Å². The molecule has 0 heterocycles. The zero-order valence-electron chi connectivity index (χ0n) is 23.5. The van der Waals surface area contributed by atoms with E-state index in [9.17, 15) is 15.8 Å². The topological polar surface area (TPSA) is 71.4 Å². The summed E-state index contributed by atoms with van der Waals surface area (Å²) in [6.45, 7) is 4.48. The van der Waals surface area contributed by atoms with E-state index in [0.29, 0.717) is 29.4 Å². The van der Waals surface area contributed by atoms with Crippen LogP contribution in [0.5, 0.6) is 0 Å². The molecule has 3 aliphatic carbocycles. The number of unbranched alkanes of at least 4 members (excludes halogenated alkanes) is 4. The van der Waals surface area contributed by atoms with Crippen molar-refractivity contribution < 1.29 is 0 Å². The predicted octanol–water partition coefficient (Wildman–Crippen LogP) is 8.99. The summed E-state index contributed by atoms with van der Waals surface area (Å²) in [6.07, 6.45) is 18.4. The van der Waals surface area contributed by atoms with Crippen molar-refractivity contribution in [2.75, 3.05) is 0 Å². The number of aryl methyl sites for hydroxylation is 3. The normalized spacial score (nSPS) is 22.0. The van der Waals surface area contributed by atoms with Gasteiger partial charge in [-0.2, -0.15) is 15.8 Å². The third-order valence-electron chi connectivity index (χ3n) is 9.83. The van der Waals surface area contributed by atoms with Crippen molar-refractivity contribution in [1.29, 1.82) is 15.8 Å². The minimum absolute atomic E-state index is 0.0588. The Morgan fingerprint density at radius 3 is 1.92 bits per heavy atom. The third kappa shape index (κ3) is 5.82. The average molecular weight is 506 g/mol. The van der Waals surface area contributed by atoms with Gasteiger partial charge in [-0.3, -0.25) is 0 Å². The first-order chi connectivity index (χ1) is 18.5. The summed E-state index contributed by atoms with van der Waals surface area (Å²) in [5, 5.41) is 30.2. The first kappa shape index (κ1) is 27.9. The molecule has 2 bridgehead atoms. The van der Waals surface area contributed by atoms with Gasteiger partial charge >= 0.3 is 0 Å². The predicted molar refractivity (Wildman–Crippen MR) is 154 cm³/mol. The summed E-state index contributed by atoms with van der Waals surface area (Å²) < 4.78 is 0. The maximum absolute atomic E-state index is 10.2. The molecule has 198 valence electrons. The molecule has 0 amide bonds. The molecule has 2 aromatic carbocycles. The smallest absolute Gasteiger partial charge is 0.101 e. The van der Waals surface area contributed by atoms with Gasteiger partial charge in [-0.05, 0) is 110 Å². The minimum atomic E-state index is 0.0588. The quantitative estimate of drug-likeness (QED) is 0.270. The number of nitrogens with zero attached hydrogens (tertiary/aromatic N) is 3. The highest BCUT2D eigenvalue weighted by molar-refractivity contribution is 5.57. The molecule has 0 radical (unpaired) electrons. The molecule has 3 saturated carbocycles. The van der Waals surface area contributed by atoms with Crippen LogP contribution in [0.3, 0.4) is 0 Å². The molecule has 0 saturated heterocycles. The molecule has 0 spiro atoms. The van der Waals surface area contributed by atoms with Crippen LogP contribution in [-0.2, 0) is 24.7 Å². The summed E-state index contributed by atoms with van der Waals surface area (Å²) in [5.74, 6) is 0. The molecule has 0 atom stereocenters. The van der Waals surface area contributed by atoms with Crippen molar-refractivity contribution >= 4 is 0 Å². The fourth-order valence-electron chi connectivity index (χ4n) is 7.28. The molecule has 0 unspecified atom stereocenters. The monoisotopic (exact) mass is 505 g/mol.